The normalized spacial score (nSPS) is 14.1. The van der Waals surface area contributed by atoms with Crippen molar-refractivity contribution in [1.29, 1.82) is 0 Å². The molecule has 3 aromatic rings. The first kappa shape index (κ1) is 29.2. The van der Waals surface area contributed by atoms with E-state index >= 15 is 0 Å². The summed E-state index contributed by atoms with van der Waals surface area (Å²) in [4.78, 5) is 32.1. The maximum absolute atomic E-state index is 13.6. The van der Waals surface area contributed by atoms with Crippen LogP contribution in [-0.2, 0) is 28.8 Å². The van der Waals surface area contributed by atoms with E-state index in [2.05, 4.69) is 10.2 Å². The molecule has 0 radical (unpaired) electrons. The minimum absolute atomic E-state index is 0.205. The van der Waals surface area contributed by atoms with Gasteiger partial charge in [-0.2, -0.15) is 13.2 Å². The fourth-order valence-corrected chi connectivity index (χ4v) is 4.40. The number of halogens is 3. The second-order valence-corrected chi connectivity index (χ2v) is 9.55. The summed E-state index contributed by atoms with van der Waals surface area (Å²) in [6.45, 7) is 4.25. The van der Waals surface area contributed by atoms with E-state index in [1.165, 1.54) is 23.3 Å². The van der Waals surface area contributed by atoms with Crippen molar-refractivity contribution >= 4 is 17.6 Å². The Hall–Kier alpha value is -3.83. The van der Waals surface area contributed by atoms with Gasteiger partial charge < -0.3 is 24.3 Å². The number of ether oxygens (including phenoxy) is 1. The van der Waals surface area contributed by atoms with Gasteiger partial charge in [0.1, 0.15) is 12.3 Å². The van der Waals surface area contributed by atoms with Crippen LogP contribution in [0.5, 0.6) is 0 Å². The number of carbonyl (C=O) groups excluding carboxylic acids is 2. The number of morpholine rings is 1. The highest BCUT2D eigenvalue weighted by Gasteiger charge is 2.30. The molecule has 1 aromatic heterocycles. The van der Waals surface area contributed by atoms with Crippen molar-refractivity contribution < 1.29 is 31.9 Å². The number of urea groups is 1. The highest BCUT2D eigenvalue weighted by molar-refractivity contribution is 5.92. The Morgan fingerprint density at radius 3 is 2.27 bits per heavy atom. The lowest BCUT2D eigenvalue weighted by Crippen LogP contribution is -2.45. The predicted octanol–water partition coefficient (Wildman–Crippen LogP) is 5.08. The Kier molecular flexibility index (Phi) is 10.2. The van der Waals surface area contributed by atoms with Crippen LogP contribution in [0.25, 0.3) is 0 Å². The lowest BCUT2D eigenvalue weighted by molar-refractivity contribution is -0.137. The quantitative estimate of drug-likeness (QED) is 0.355. The first-order valence-electron chi connectivity index (χ1n) is 13.2. The Labute approximate surface area is 231 Å². The zero-order valence-corrected chi connectivity index (χ0v) is 22.1. The number of nitrogens with zero attached hydrogens (tertiary/aromatic N) is 3. The molecule has 8 nitrogen and oxygen atoms in total. The minimum Gasteiger partial charge on any atom is -0.467 e. The number of alkyl halides is 3. The van der Waals surface area contributed by atoms with Crippen LogP contribution in [0.4, 0.5) is 23.7 Å². The van der Waals surface area contributed by atoms with Gasteiger partial charge in [0.25, 0.3) is 0 Å². The smallest absolute Gasteiger partial charge is 0.416 e. The van der Waals surface area contributed by atoms with Crippen molar-refractivity contribution in [3.05, 3.63) is 89.9 Å². The van der Waals surface area contributed by atoms with Crippen LogP contribution in [0, 0.1) is 0 Å². The van der Waals surface area contributed by atoms with Gasteiger partial charge in [0, 0.05) is 38.4 Å². The third-order valence-corrected chi connectivity index (χ3v) is 6.58. The van der Waals surface area contributed by atoms with Gasteiger partial charge in [0.2, 0.25) is 5.91 Å². The molecule has 2 aromatic carbocycles. The Balaban J connectivity index is 1.46. The highest BCUT2D eigenvalue weighted by Crippen LogP contribution is 2.29. The summed E-state index contributed by atoms with van der Waals surface area (Å²) >= 11 is 0. The Morgan fingerprint density at radius 1 is 0.900 bits per heavy atom. The monoisotopic (exact) mass is 558 g/mol. The van der Waals surface area contributed by atoms with E-state index < -0.39 is 17.8 Å². The molecule has 0 atom stereocenters. The maximum atomic E-state index is 13.6. The van der Waals surface area contributed by atoms with Gasteiger partial charge in [0.15, 0.2) is 0 Å². The lowest BCUT2D eigenvalue weighted by atomic mass is 10.2. The molecule has 40 heavy (non-hydrogen) atoms. The summed E-state index contributed by atoms with van der Waals surface area (Å²) in [6.07, 6.45) is -2.32. The van der Waals surface area contributed by atoms with Crippen LogP contribution in [0.1, 0.15) is 23.3 Å². The molecule has 0 bridgehead atoms. The van der Waals surface area contributed by atoms with Crippen molar-refractivity contribution in [3.63, 3.8) is 0 Å². The molecular weight excluding hydrogens is 525 g/mol. The molecule has 2 heterocycles. The number of hydrogen-bond donors (Lipinski definition) is 1. The van der Waals surface area contributed by atoms with Crippen LogP contribution >= 0.6 is 0 Å². The van der Waals surface area contributed by atoms with Crippen molar-refractivity contribution in [2.24, 2.45) is 0 Å². The molecule has 1 N–H and O–H groups in total. The molecule has 0 spiro atoms. The molecule has 3 amide bonds. The van der Waals surface area contributed by atoms with Gasteiger partial charge in [-0.1, -0.05) is 30.3 Å². The second kappa shape index (κ2) is 14.0. The second-order valence-electron chi connectivity index (χ2n) is 9.55. The first-order chi connectivity index (χ1) is 19.3. The number of carbonyl (C=O) groups is 2. The molecule has 0 aliphatic carbocycles. The van der Waals surface area contributed by atoms with E-state index in [0.29, 0.717) is 31.9 Å². The van der Waals surface area contributed by atoms with Crippen molar-refractivity contribution in [3.8, 4) is 0 Å². The molecule has 1 saturated heterocycles. The zero-order valence-electron chi connectivity index (χ0n) is 22.1. The van der Waals surface area contributed by atoms with Crippen LogP contribution in [-0.4, -0.2) is 72.6 Å². The van der Waals surface area contributed by atoms with Gasteiger partial charge in [-0.25, -0.2) is 4.79 Å². The number of furan rings is 1. The lowest BCUT2D eigenvalue weighted by Gasteiger charge is -2.30. The topological polar surface area (TPSA) is 78.3 Å². The summed E-state index contributed by atoms with van der Waals surface area (Å²) in [7, 11) is 0. The van der Waals surface area contributed by atoms with Crippen LogP contribution in [0.3, 0.4) is 0 Å². The summed E-state index contributed by atoms with van der Waals surface area (Å²) in [5, 5.41) is 2.65. The fourth-order valence-electron chi connectivity index (χ4n) is 4.40. The highest BCUT2D eigenvalue weighted by atomic mass is 19.4. The Morgan fingerprint density at radius 2 is 1.62 bits per heavy atom. The fraction of sp³-hybridized carbons (Fsp3) is 0.379. The number of hydrogen-bond acceptors (Lipinski definition) is 5. The molecule has 214 valence electrons. The number of amides is 3. The van der Waals surface area contributed by atoms with Gasteiger partial charge in [-0.3, -0.25) is 9.69 Å². The molecule has 1 fully saturated rings. The van der Waals surface area contributed by atoms with Gasteiger partial charge >= 0.3 is 12.2 Å². The van der Waals surface area contributed by atoms with E-state index in [9.17, 15) is 22.8 Å². The standard InChI is InChI=1S/C29H33F3N4O4/c30-29(31,32)24-9-11-25(12-10-24)33-28(38)35(14-5-13-34-15-18-39-19-16-34)22-27(37)36(21-26-8-4-17-40-26)20-23-6-2-1-3-7-23/h1-4,6-12,17H,5,13-16,18-22H2,(H,33,38). The molecule has 0 saturated carbocycles. The molecule has 1 aliphatic rings. The molecule has 4 rings (SSSR count). The zero-order chi connectivity index (χ0) is 28.4. The largest absolute Gasteiger partial charge is 0.467 e. The summed E-state index contributed by atoms with van der Waals surface area (Å²) < 4.78 is 49.7. The van der Waals surface area contributed by atoms with Crippen molar-refractivity contribution in [1.82, 2.24) is 14.7 Å². The molecular formula is C29H33F3N4O4. The van der Waals surface area contributed by atoms with Crippen LogP contribution in [0.2, 0.25) is 0 Å². The van der Waals surface area contributed by atoms with Gasteiger partial charge in [-0.15, -0.1) is 0 Å². The van der Waals surface area contributed by atoms with Crippen LogP contribution < -0.4 is 5.32 Å². The van der Waals surface area contributed by atoms with Crippen molar-refractivity contribution in [2.45, 2.75) is 25.7 Å². The van der Waals surface area contributed by atoms with E-state index in [0.717, 1.165) is 37.3 Å². The van der Waals surface area contributed by atoms with E-state index in [1.54, 1.807) is 17.0 Å². The predicted molar refractivity (Wildman–Crippen MR) is 143 cm³/mol. The van der Waals surface area contributed by atoms with E-state index in [1.807, 2.05) is 30.3 Å². The Bertz CT molecular complexity index is 1200. The SMILES string of the molecule is O=C(CN(CCCN1CCOCC1)C(=O)Nc1ccc(C(F)(F)F)cc1)N(Cc1ccccc1)Cc1ccco1. The first-order valence-corrected chi connectivity index (χ1v) is 13.2. The van der Waals surface area contributed by atoms with Gasteiger partial charge in [-0.05, 0) is 48.4 Å². The number of rotatable bonds is 11. The third kappa shape index (κ3) is 8.85. The molecule has 0 unspecified atom stereocenters. The van der Waals surface area contributed by atoms with Crippen LogP contribution in [0.15, 0.2) is 77.4 Å². The number of benzene rings is 2. The minimum atomic E-state index is -4.48. The number of nitrogens with one attached hydrogen (secondary N) is 1. The summed E-state index contributed by atoms with van der Waals surface area (Å²) in [6, 6.07) is 16.7. The molecule has 1 aliphatic heterocycles. The van der Waals surface area contributed by atoms with Crippen molar-refractivity contribution in [2.75, 3.05) is 51.3 Å². The number of anilines is 1. The summed E-state index contributed by atoms with van der Waals surface area (Å²) in [5.74, 6) is 0.326. The van der Waals surface area contributed by atoms with E-state index in [4.69, 9.17) is 9.15 Å². The third-order valence-electron chi connectivity index (χ3n) is 6.58. The maximum Gasteiger partial charge on any atom is 0.416 e. The molecule has 11 heteroatoms. The van der Waals surface area contributed by atoms with Gasteiger partial charge in [0.05, 0.1) is 31.6 Å². The average Bonchev–Trinajstić information content (AvgIpc) is 3.46. The summed E-state index contributed by atoms with van der Waals surface area (Å²) in [5.41, 5.74) is 0.327. The average molecular weight is 559 g/mol. The van der Waals surface area contributed by atoms with E-state index in [-0.39, 0.29) is 31.2 Å².